The zero-order valence-electron chi connectivity index (χ0n) is 9.71. The van der Waals surface area contributed by atoms with Crippen LogP contribution in [0.2, 0.25) is 0 Å². The summed E-state index contributed by atoms with van der Waals surface area (Å²) < 4.78 is 7.28. The Labute approximate surface area is 99.6 Å². The second-order valence-electron chi connectivity index (χ2n) is 4.29. The molecule has 0 radical (unpaired) electrons. The van der Waals surface area contributed by atoms with E-state index in [1.807, 2.05) is 6.20 Å². The highest BCUT2D eigenvalue weighted by molar-refractivity contribution is 5.66. The van der Waals surface area contributed by atoms with Crippen LogP contribution in [0.4, 0.5) is 0 Å². The average molecular weight is 239 g/mol. The van der Waals surface area contributed by atoms with Gasteiger partial charge in [0.2, 0.25) is 0 Å². The molecule has 1 N–H and O–H groups in total. The molecule has 0 aromatic carbocycles. The number of hydrogen-bond acceptors (Lipinski definition) is 4. The number of ether oxygens (including phenoxy) is 1. The second kappa shape index (κ2) is 5.77. The van der Waals surface area contributed by atoms with Gasteiger partial charge in [-0.25, -0.2) is 0 Å². The van der Waals surface area contributed by atoms with Gasteiger partial charge in [0.05, 0.1) is 18.2 Å². The Morgan fingerprint density at radius 2 is 2.53 bits per heavy atom. The lowest BCUT2D eigenvalue weighted by atomic mass is 10.2. The topological polar surface area (TPSA) is 77.2 Å². The largest absolute Gasteiger partial charge is 0.481 e. The predicted octanol–water partition coefficient (Wildman–Crippen LogP) is 0.864. The third kappa shape index (κ3) is 3.81. The fourth-order valence-electron chi connectivity index (χ4n) is 1.95. The van der Waals surface area contributed by atoms with Crippen molar-refractivity contribution in [3.63, 3.8) is 0 Å². The van der Waals surface area contributed by atoms with E-state index in [9.17, 15) is 4.79 Å². The molecule has 1 atom stereocenters. The Morgan fingerprint density at radius 1 is 1.65 bits per heavy atom. The molecule has 6 nitrogen and oxygen atoms in total. The van der Waals surface area contributed by atoms with Crippen molar-refractivity contribution >= 4 is 5.97 Å². The minimum absolute atomic E-state index is 0.102. The average Bonchev–Trinajstić information content (AvgIpc) is 2.95. The van der Waals surface area contributed by atoms with Crippen LogP contribution in [0.25, 0.3) is 0 Å². The molecule has 1 aliphatic heterocycles. The number of nitrogens with zero attached hydrogens (tertiary/aromatic N) is 3. The fraction of sp³-hybridized carbons (Fsp3) is 0.727. The van der Waals surface area contributed by atoms with Crippen LogP contribution in [-0.4, -0.2) is 38.8 Å². The van der Waals surface area contributed by atoms with Crippen molar-refractivity contribution in [3.05, 3.63) is 11.9 Å². The fourth-order valence-corrected chi connectivity index (χ4v) is 1.95. The molecule has 0 saturated carbocycles. The second-order valence-corrected chi connectivity index (χ2v) is 4.29. The predicted molar refractivity (Wildman–Crippen MR) is 59.6 cm³/mol. The lowest BCUT2D eigenvalue weighted by molar-refractivity contribution is -0.136. The Bertz CT molecular complexity index is 372. The highest BCUT2D eigenvalue weighted by atomic mass is 16.5. The number of carbonyl (C=O) groups is 1. The van der Waals surface area contributed by atoms with E-state index in [1.165, 1.54) is 0 Å². The third-order valence-electron chi connectivity index (χ3n) is 2.89. The summed E-state index contributed by atoms with van der Waals surface area (Å²) in [6.45, 7) is 1.65. The van der Waals surface area contributed by atoms with Crippen LogP contribution < -0.4 is 0 Å². The molecule has 1 fully saturated rings. The number of aryl methyl sites for hydroxylation is 2. The smallest absolute Gasteiger partial charge is 0.303 e. The Morgan fingerprint density at radius 3 is 3.24 bits per heavy atom. The van der Waals surface area contributed by atoms with Gasteiger partial charge in [0.25, 0.3) is 0 Å². The van der Waals surface area contributed by atoms with Crippen molar-refractivity contribution in [1.29, 1.82) is 0 Å². The molecule has 0 aliphatic carbocycles. The summed E-state index contributed by atoms with van der Waals surface area (Å²) in [5.41, 5.74) is 0.736. The van der Waals surface area contributed by atoms with Crippen molar-refractivity contribution in [2.75, 3.05) is 6.61 Å². The van der Waals surface area contributed by atoms with Gasteiger partial charge in [0.1, 0.15) is 0 Å². The summed E-state index contributed by atoms with van der Waals surface area (Å²) in [6.07, 6.45) is 5.92. The van der Waals surface area contributed by atoms with Crippen molar-refractivity contribution in [1.82, 2.24) is 15.0 Å². The van der Waals surface area contributed by atoms with E-state index in [1.54, 1.807) is 4.68 Å². The normalized spacial score (nSPS) is 19.6. The maximum atomic E-state index is 10.4. The van der Waals surface area contributed by atoms with E-state index in [0.717, 1.165) is 38.1 Å². The molecule has 1 saturated heterocycles. The highest BCUT2D eigenvalue weighted by Gasteiger charge is 2.15. The molecule has 1 aromatic heterocycles. The zero-order chi connectivity index (χ0) is 12.1. The standard InChI is InChI=1S/C11H17N3O3/c15-11(16)4-3-9-8-14(13-12-9)6-5-10-2-1-7-17-10/h8,10H,1-7H2,(H,15,16). The molecule has 2 rings (SSSR count). The Hall–Kier alpha value is -1.43. The third-order valence-corrected chi connectivity index (χ3v) is 2.89. The van der Waals surface area contributed by atoms with Crippen LogP contribution in [0.5, 0.6) is 0 Å². The van der Waals surface area contributed by atoms with Crippen molar-refractivity contribution in [2.45, 2.75) is 44.8 Å². The van der Waals surface area contributed by atoms with E-state index in [0.29, 0.717) is 12.5 Å². The first-order valence-electron chi connectivity index (χ1n) is 5.96. The molecule has 94 valence electrons. The lowest BCUT2D eigenvalue weighted by Gasteiger charge is -2.07. The monoisotopic (exact) mass is 239 g/mol. The van der Waals surface area contributed by atoms with E-state index >= 15 is 0 Å². The molecule has 0 amide bonds. The maximum Gasteiger partial charge on any atom is 0.303 e. The van der Waals surface area contributed by atoms with Crippen molar-refractivity contribution < 1.29 is 14.6 Å². The van der Waals surface area contributed by atoms with Crippen molar-refractivity contribution in [3.8, 4) is 0 Å². The molecule has 1 aromatic rings. The summed E-state index contributed by atoms with van der Waals surface area (Å²) >= 11 is 0. The van der Waals surface area contributed by atoms with Crippen LogP contribution in [0.3, 0.4) is 0 Å². The highest BCUT2D eigenvalue weighted by Crippen LogP contribution is 2.15. The van der Waals surface area contributed by atoms with Gasteiger partial charge in [-0.15, -0.1) is 5.10 Å². The molecule has 1 aliphatic rings. The van der Waals surface area contributed by atoms with Crippen LogP contribution in [0, 0.1) is 0 Å². The summed E-state index contributed by atoms with van der Waals surface area (Å²) in [6, 6.07) is 0. The number of rotatable bonds is 6. The van der Waals surface area contributed by atoms with Crippen molar-refractivity contribution in [2.24, 2.45) is 0 Å². The van der Waals surface area contributed by atoms with Gasteiger partial charge in [0, 0.05) is 25.8 Å². The van der Waals surface area contributed by atoms with Gasteiger partial charge in [-0.2, -0.15) is 0 Å². The van der Waals surface area contributed by atoms with Gasteiger partial charge in [-0.3, -0.25) is 9.48 Å². The quantitative estimate of drug-likeness (QED) is 0.796. The Kier molecular flexibility index (Phi) is 4.08. The van der Waals surface area contributed by atoms with Crippen LogP contribution in [0.1, 0.15) is 31.4 Å². The van der Waals surface area contributed by atoms with Crippen LogP contribution >= 0.6 is 0 Å². The minimum atomic E-state index is -0.807. The van der Waals surface area contributed by atoms with Crippen LogP contribution in [-0.2, 0) is 22.5 Å². The number of carboxylic acids is 1. The maximum absolute atomic E-state index is 10.4. The first kappa shape index (κ1) is 12.0. The molecule has 1 unspecified atom stereocenters. The lowest BCUT2D eigenvalue weighted by Crippen LogP contribution is -2.10. The van der Waals surface area contributed by atoms with Gasteiger partial charge >= 0.3 is 5.97 Å². The van der Waals surface area contributed by atoms with Gasteiger partial charge in [-0.1, -0.05) is 5.21 Å². The number of aromatic nitrogens is 3. The van der Waals surface area contributed by atoms with Gasteiger partial charge in [0.15, 0.2) is 0 Å². The van der Waals surface area contributed by atoms with E-state index in [-0.39, 0.29) is 6.42 Å². The van der Waals surface area contributed by atoms with E-state index in [4.69, 9.17) is 9.84 Å². The van der Waals surface area contributed by atoms with E-state index in [2.05, 4.69) is 10.3 Å². The number of aliphatic carboxylic acids is 1. The number of carboxylic acid groups (broad SMARTS) is 1. The van der Waals surface area contributed by atoms with E-state index < -0.39 is 5.97 Å². The van der Waals surface area contributed by atoms with Crippen LogP contribution in [0.15, 0.2) is 6.20 Å². The molecular formula is C11H17N3O3. The summed E-state index contributed by atoms with van der Waals surface area (Å²) in [4.78, 5) is 10.4. The zero-order valence-corrected chi connectivity index (χ0v) is 9.71. The molecule has 0 bridgehead atoms. The first-order valence-corrected chi connectivity index (χ1v) is 5.96. The minimum Gasteiger partial charge on any atom is -0.481 e. The van der Waals surface area contributed by atoms with Gasteiger partial charge in [-0.05, 0) is 19.3 Å². The summed E-state index contributed by atoms with van der Waals surface area (Å²) in [7, 11) is 0. The van der Waals surface area contributed by atoms with Gasteiger partial charge < -0.3 is 9.84 Å². The Balaban J connectivity index is 1.75. The number of hydrogen-bond donors (Lipinski definition) is 1. The molecule has 0 spiro atoms. The summed E-state index contributed by atoms with van der Waals surface area (Å²) in [5, 5.41) is 16.5. The first-order chi connectivity index (χ1) is 8.24. The SMILES string of the molecule is O=C(O)CCc1cn(CCC2CCCO2)nn1. The summed E-state index contributed by atoms with van der Waals surface area (Å²) in [5.74, 6) is -0.807. The molecule has 2 heterocycles. The molecule has 17 heavy (non-hydrogen) atoms. The molecule has 6 heteroatoms. The molecular weight excluding hydrogens is 222 g/mol.